The van der Waals surface area contributed by atoms with Crippen LogP contribution in [0.5, 0.6) is 0 Å². The van der Waals surface area contributed by atoms with E-state index in [4.69, 9.17) is 0 Å². The topological polar surface area (TPSA) is 79.9 Å². The van der Waals surface area contributed by atoms with Crippen molar-refractivity contribution in [2.45, 2.75) is 13.0 Å². The van der Waals surface area contributed by atoms with Gasteiger partial charge >= 0.3 is 0 Å². The zero-order chi connectivity index (χ0) is 9.68. The summed E-state index contributed by atoms with van der Waals surface area (Å²) in [5.41, 5.74) is 0. The van der Waals surface area contributed by atoms with Crippen LogP contribution in [0.3, 0.4) is 0 Å². The number of aromatic amines is 1. The van der Waals surface area contributed by atoms with Crippen molar-refractivity contribution in [3.05, 3.63) is 12.2 Å². The molecule has 1 aromatic rings. The SMILES string of the molecule is COCC(=O)NC(C)c1ncn[nH]1. The standard InChI is InChI=1S/C7H12N4O2/c1-5(7-8-4-9-11-7)10-6(12)3-13-2/h4-5H,3H2,1-2H3,(H,10,12)(H,8,9,11). The van der Waals surface area contributed by atoms with Crippen LogP contribution in [0.25, 0.3) is 0 Å². The molecule has 1 heterocycles. The van der Waals surface area contributed by atoms with Crippen LogP contribution in [0.4, 0.5) is 0 Å². The highest BCUT2D eigenvalue weighted by molar-refractivity contribution is 5.77. The number of ether oxygens (including phenoxy) is 1. The Morgan fingerprint density at radius 2 is 2.62 bits per heavy atom. The third-order valence-electron chi connectivity index (χ3n) is 1.50. The molecule has 0 bridgehead atoms. The van der Waals surface area contributed by atoms with Crippen LogP contribution in [0.1, 0.15) is 18.8 Å². The normalized spacial score (nSPS) is 12.5. The summed E-state index contributed by atoms with van der Waals surface area (Å²) in [6.45, 7) is 1.87. The zero-order valence-corrected chi connectivity index (χ0v) is 7.57. The summed E-state index contributed by atoms with van der Waals surface area (Å²) < 4.78 is 4.66. The van der Waals surface area contributed by atoms with Crippen LogP contribution < -0.4 is 5.32 Å². The molecule has 72 valence electrons. The number of hydrogen-bond donors (Lipinski definition) is 2. The molecule has 0 spiro atoms. The molecule has 2 N–H and O–H groups in total. The van der Waals surface area contributed by atoms with Gasteiger partial charge in [-0.15, -0.1) is 0 Å². The van der Waals surface area contributed by atoms with Gasteiger partial charge in [-0.25, -0.2) is 4.98 Å². The summed E-state index contributed by atoms with van der Waals surface area (Å²) in [7, 11) is 1.47. The number of hydrogen-bond acceptors (Lipinski definition) is 4. The third kappa shape index (κ3) is 2.83. The number of nitrogens with one attached hydrogen (secondary N) is 2. The molecule has 0 aliphatic rings. The van der Waals surface area contributed by atoms with Crippen LogP contribution in [-0.2, 0) is 9.53 Å². The molecule has 0 saturated heterocycles. The van der Waals surface area contributed by atoms with Crippen LogP contribution in [0.15, 0.2) is 6.33 Å². The summed E-state index contributed by atoms with van der Waals surface area (Å²) in [6.07, 6.45) is 1.40. The minimum absolute atomic E-state index is 0.0540. The molecule has 1 aromatic heterocycles. The predicted octanol–water partition coefficient (Wildman–Crippen LogP) is -0.372. The average molecular weight is 184 g/mol. The van der Waals surface area contributed by atoms with Crippen LogP contribution in [0, 0.1) is 0 Å². The first-order valence-corrected chi connectivity index (χ1v) is 3.87. The number of aromatic nitrogens is 3. The fourth-order valence-electron chi connectivity index (χ4n) is 0.906. The first-order chi connectivity index (χ1) is 6.24. The summed E-state index contributed by atoms with van der Waals surface area (Å²) in [6, 6.07) is -0.176. The van der Waals surface area contributed by atoms with E-state index in [9.17, 15) is 4.79 Å². The maximum absolute atomic E-state index is 11.1. The molecule has 0 aliphatic heterocycles. The molecule has 0 fully saturated rings. The monoisotopic (exact) mass is 184 g/mol. The lowest BCUT2D eigenvalue weighted by Gasteiger charge is -2.09. The molecule has 0 aliphatic carbocycles. The lowest BCUT2D eigenvalue weighted by molar-refractivity contribution is -0.125. The number of methoxy groups -OCH3 is 1. The van der Waals surface area contributed by atoms with Gasteiger partial charge in [-0.05, 0) is 6.92 Å². The fourth-order valence-corrected chi connectivity index (χ4v) is 0.906. The van der Waals surface area contributed by atoms with Crippen molar-refractivity contribution in [1.82, 2.24) is 20.5 Å². The Morgan fingerprint density at radius 3 is 3.15 bits per heavy atom. The Kier molecular flexibility index (Phi) is 3.39. The minimum atomic E-state index is -0.176. The second kappa shape index (κ2) is 4.56. The Morgan fingerprint density at radius 1 is 1.85 bits per heavy atom. The number of carbonyl (C=O) groups excluding carboxylic acids is 1. The molecule has 0 aromatic carbocycles. The highest BCUT2D eigenvalue weighted by Crippen LogP contribution is 2.02. The van der Waals surface area contributed by atoms with Crippen molar-refractivity contribution in [3.63, 3.8) is 0 Å². The molecular formula is C7H12N4O2. The zero-order valence-electron chi connectivity index (χ0n) is 7.57. The first-order valence-electron chi connectivity index (χ1n) is 3.87. The van der Waals surface area contributed by atoms with Crippen LogP contribution >= 0.6 is 0 Å². The van der Waals surface area contributed by atoms with E-state index < -0.39 is 0 Å². The van der Waals surface area contributed by atoms with E-state index in [0.29, 0.717) is 5.82 Å². The summed E-state index contributed by atoms with van der Waals surface area (Å²) >= 11 is 0. The second-order valence-corrected chi connectivity index (χ2v) is 2.59. The van der Waals surface area contributed by atoms with E-state index in [1.165, 1.54) is 13.4 Å². The van der Waals surface area contributed by atoms with Gasteiger partial charge in [0.15, 0.2) is 0 Å². The molecule has 13 heavy (non-hydrogen) atoms. The summed E-state index contributed by atoms with van der Waals surface area (Å²) in [5, 5.41) is 9.03. The molecule has 0 saturated carbocycles. The maximum Gasteiger partial charge on any atom is 0.246 e. The van der Waals surface area contributed by atoms with Gasteiger partial charge in [0.2, 0.25) is 5.91 Å². The van der Waals surface area contributed by atoms with Crippen molar-refractivity contribution in [2.24, 2.45) is 0 Å². The van der Waals surface area contributed by atoms with E-state index in [2.05, 4.69) is 25.2 Å². The number of carbonyl (C=O) groups is 1. The molecule has 1 unspecified atom stereocenters. The van der Waals surface area contributed by atoms with Gasteiger partial charge in [-0.3, -0.25) is 9.89 Å². The van der Waals surface area contributed by atoms with Crippen molar-refractivity contribution >= 4 is 5.91 Å². The van der Waals surface area contributed by atoms with Crippen LogP contribution in [-0.4, -0.2) is 34.8 Å². The van der Waals surface area contributed by atoms with Gasteiger partial charge in [-0.2, -0.15) is 5.10 Å². The number of rotatable bonds is 4. The van der Waals surface area contributed by atoms with Gasteiger partial charge in [0.05, 0.1) is 6.04 Å². The predicted molar refractivity (Wildman–Crippen MR) is 44.8 cm³/mol. The van der Waals surface area contributed by atoms with Gasteiger partial charge < -0.3 is 10.1 Å². The lowest BCUT2D eigenvalue weighted by Crippen LogP contribution is -2.30. The molecule has 6 heteroatoms. The van der Waals surface area contributed by atoms with Crippen molar-refractivity contribution < 1.29 is 9.53 Å². The number of H-pyrrole nitrogens is 1. The van der Waals surface area contributed by atoms with Gasteiger partial charge in [0, 0.05) is 7.11 Å². The lowest BCUT2D eigenvalue weighted by atomic mass is 10.3. The molecule has 1 amide bonds. The smallest absolute Gasteiger partial charge is 0.246 e. The summed E-state index contributed by atoms with van der Waals surface area (Å²) in [4.78, 5) is 15.0. The summed E-state index contributed by atoms with van der Waals surface area (Å²) in [5.74, 6) is 0.454. The molecule has 1 rings (SSSR count). The average Bonchev–Trinajstić information content (AvgIpc) is 2.55. The molecule has 6 nitrogen and oxygen atoms in total. The van der Waals surface area contributed by atoms with E-state index >= 15 is 0 Å². The fraction of sp³-hybridized carbons (Fsp3) is 0.571. The van der Waals surface area contributed by atoms with Crippen molar-refractivity contribution in [3.8, 4) is 0 Å². The van der Waals surface area contributed by atoms with Crippen LogP contribution in [0.2, 0.25) is 0 Å². The second-order valence-electron chi connectivity index (χ2n) is 2.59. The van der Waals surface area contributed by atoms with E-state index in [1.807, 2.05) is 6.92 Å². The Balaban J connectivity index is 2.42. The van der Waals surface area contributed by atoms with Gasteiger partial charge in [0.25, 0.3) is 0 Å². The van der Waals surface area contributed by atoms with Gasteiger partial charge in [-0.1, -0.05) is 0 Å². The van der Waals surface area contributed by atoms with Gasteiger partial charge in [0.1, 0.15) is 18.8 Å². The minimum Gasteiger partial charge on any atom is -0.375 e. The van der Waals surface area contributed by atoms with Crippen molar-refractivity contribution in [1.29, 1.82) is 0 Å². The van der Waals surface area contributed by atoms with E-state index in [-0.39, 0.29) is 18.6 Å². The Bertz CT molecular complexity index is 259. The van der Waals surface area contributed by atoms with E-state index in [0.717, 1.165) is 0 Å². The molecular weight excluding hydrogens is 172 g/mol. The Labute approximate surface area is 75.7 Å². The third-order valence-corrected chi connectivity index (χ3v) is 1.50. The number of amides is 1. The van der Waals surface area contributed by atoms with Crippen molar-refractivity contribution in [2.75, 3.05) is 13.7 Å². The molecule has 0 radical (unpaired) electrons. The molecule has 1 atom stereocenters. The highest BCUT2D eigenvalue weighted by atomic mass is 16.5. The highest BCUT2D eigenvalue weighted by Gasteiger charge is 2.10. The first kappa shape index (κ1) is 9.66. The number of nitrogens with zero attached hydrogens (tertiary/aromatic N) is 2. The van der Waals surface area contributed by atoms with E-state index in [1.54, 1.807) is 0 Å². The maximum atomic E-state index is 11.1. The Hall–Kier alpha value is -1.43. The largest absolute Gasteiger partial charge is 0.375 e. The quantitative estimate of drug-likeness (QED) is 0.669.